The highest BCUT2D eigenvalue weighted by Gasteiger charge is 2.25. The molecule has 0 radical (unpaired) electrons. The zero-order valence-corrected chi connectivity index (χ0v) is 21.3. The van der Waals surface area contributed by atoms with Crippen LogP contribution in [0.3, 0.4) is 0 Å². The largest absolute Gasteiger partial charge is 0.486 e. The van der Waals surface area contributed by atoms with E-state index in [9.17, 15) is 8.78 Å². The number of nitrogens with one attached hydrogen (secondary N) is 2. The van der Waals surface area contributed by atoms with Gasteiger partial charge in [-0.2, -0.15) is 0 Å². The van der Waals surface area contributed by atoms with Gasteiger partial charge in [-0.3, -0.25) is 0 Å². The Labute approximate surface area is 211 Å². The summed E-state index contributed by atoms with van der Waals surface area (Å²) in [6.45, 7) is 11.1. The highest BCUT2D eigenvalue weighted by Crippen LogP contribution is 2.39. The maximum absolute atomic E-state index is 14.9. The Bertz CT molecular complexity index is 1170. The molecule has 1 fully saturated rings. The number of hydrogen-bond donors (Lipinski definition) is 2. The Morgan fingerprint density at radius 1 is 1.06 bits per heavy atom. The SMILES string of the molecule is CC.CC(C)N1CCOc2c(F)cc(-c3nc(Nc4ccc(C5CCNCC5)cn4)ncc3F)cc21. The highest BCUT2D eigenvalue weighted by molar-refractivity contribution is 5.73. The molecule has 3 aromatic rings. The molecule has 2 aliphatic rings. The van der Waals surface area contributed by atoms with Crippen LogP contribution in [0.1, 0.15) is 52.0 Å². The van der Waals surface area contributed by atoms with Crippen LogP contribution in [0, 0.1) is 11.6 Å². The summed E-state index contributed by atoms with van der Waals surface area (Å²) in [5, 5.41) is 6.40. The number of ether oxygens (including phenoxy) is 1. The Kier molecular flexibility index (Phi) is 8.30. The normalized spacial score (nSPS) is 15.6. The summed E-state index contributed by atoms with van der Waals surface area (Å²) < 4.78 is 35.2. The summed E-state index contributed by atoms with van der Waals surface area (Å²) in [4.78, 5) is 14.9. The second kappa shape index (κ2) is 11.6. The Morgan fingerprint density at radius 2 is 1.83 bits per heavy atom. The molecular weight excluding hydrogens is 462 g/mol. The molecule has 0 amide bonds. The third kappa shape index (κ3) is 5.56. The molecule has 4 heterocycles. The number of hydrogen-bond acceptors (Lipinski definition) is 7. The quantitative estimate of drug-likeness (QED) is 0.472. The van der Waals surface area contributed by atoms with E-state index in [1.807, 2.05) is 44.9 Å². The molecule has 0 atom stereocenters. The van der Waals surface area contributed by atoms with Crippen LogP contribution in [0.5, 0.6) is 5.75 Å². The van der Waals surface area contributed by atoms with E-state index in [1.54, 1.807) is 6.07 Å². The van der Waals surface area contributed by atoms with Crippen LogP contribution in [0.4, 0.5) is 26.2 Å². The number of rotatable bonds is 5. The van der Waals surface area contributed by atoms with E-state index in [1.165, 1.54) is 11.6 Å². The predicted octanol–water partition coefficient (Wildman–Crippen LogP) is 5.66. The lowest BCUT2D eigenvalue weighted by atomic mass is 9.91. The molecule has 1 saturated heterocycles. The van der Waals surface area contributed by atoms with Gasteiger partial charge in [-0.15, -0.1) is 0 Å². The molecule has 1 aromatic carbocycles. The maximum atomic E-state index is 14.9. The minimum absolute atomic E-state index is 0.0137. The van der Waals surface area contributed by atoms with Crippen LogP contribution < -0.4 is 20.3 Å². The van der Waals surface area contributed by atoms with Gasteiger partial charge in [0.1, 0.15) is 18.1 Å². The zero-order chi connectivity index (χ0) is 25.7. The van der Waals surface area contributed by atoms with Crippen molar-refractivity contribution in [2.24, 2.45) is 0 Å². The van der Waals surface area contributed by atoms with Crippen molar-refractivity contribution in [3.63, 3.8) is 0 Å². The number of fused-ring (bicyclic) bond motifs is 1. The van der Waals surface area contributed by atoms with Gasteiger partial charge in [0, 0.05) is 17.8 Å². The lowest BCUT2D eigenvalue weighted by molar-refractivity contribution is 0.287. The molecule has 2 aromatic heterocycles. The van der Waals surface area contributed by atoms with Gasteiger partial charge >= 0.3 is 0 Å². The number of aromatic nitrogens is 3. The molecular formula is C27H34F2N6O. The maximum Gasteiger partial charge on any atom is 0.229 e. The van der Waals surface area contributed by atoms with Crippen LogP contribution >= 0.6 is 0 Å². The monoisotopic (exact) mass is 496 g/mol. The Morgan fingerprint density at radius 3 is 2.53 bits per heavy atom. The molecule has 0 aliphatic carbocycles. The fraction of sp³-hybridized carbons (Fsp3) is 0.444. The van der Waals surface area contributed by atoms with Gasteiger partial charge in [0.15, 0.2) is 17.4 Å². The smallest absolute Gasteiger partial charge is 0.229 e. The second-order valence-corrected chi connectivity index (χ2v) is 8.96. The van der Waals surface area contributed by atoms with Gasteiger partial charge in [0.2, 0.25) is 5.95 Å². The van der Waals surface area contributed by atoms with Crippen LogP contribution in [0.25, 0.3) is 11.3 Å². The Balaban J connectivity index is 0.00000148. The van der Waals surface area contributed by atoms with Crippen molar-refractivity contribution in [3.8, 4) is 17.0 Å². The van der Waals surface area contributed by atoms with E-state index >= 15 is 0 Å². The molecule has 0 unspecified atom stereocenters. The lowest BCUT2D eigenvalue weighted by Crippen LogP contribution is -2.38. The standard InChI is InChI=1S/C25H28F2N6O.C2H6/c1-15(2)33-9-10-34-24-19(26)11-18(12-21(24)33)23-20(27)14-30-25(32-23)31-22-4-3-17(13-29-22)16-5-7-28-8-6-16;1-2/h3-4,11-16,28H,5-10H2,1-2H3,(H,29,30,31,32);1-2H3. The van der Waals surface area contributed by atoms with E-state index in [0.717, 1.165) is 32.1 Å². The second-order valence-electron chi connectivity index (χ2n) is 8.96. The topological polar surface area (TPSA) is 75.2 Å². The highest BCUT2D eigenvalue weighted by atomic mass is 19.1. The van der Waals surface area contributed by atoms with Crippen LogP contribution in [-0.2, 0) is 0 Å². The molecule has 192 valence electrons. The predicted molar refractivity (Wildman–Crippen MR) is 139 cm³/mol. The van der Waals surface area contributed by atoms with Gasteiger partial charge in [-0.05, 0) is 69.5 Å². The number of anilines is 3. The van der Waals surface area contributed by atoms with Crippen molar-refractivity contribution < 1.29 is 13.5 Å². The first-order valence-electron chi connectivity index (χ1n) is 12.7. The van der Waals surface area contributed by atoms with Crippen molar-refractivity contribution in [2.45, 2.75) is 52.5 Å². The van der Waals surface area contributed by atoms with Gasteiger partial charge in [0.25, 0.3) is 0 Å². The number of nitrogens with zero attached hydrogens (tertiary/aromatic N) is 4. The van der Waals surface area contributed by atoms with Gasteiger partial charge < -0.3 is 20.3 Å². The van der Waals surface area contributed by atoms with E-state index in [0.29, 0.717) is 36.1 Å². The van der Waals surface area contributed by atoms with Gasteiger partial charge in [-0.25, -0.2) is 23.7 Å². The van der Waals surface area contributed by atoms with Crippen LogP contribution in [0.15, 0.2) is 36.7 Å². The van der Waals surface area contributed by atoms with E-state index in [2.05, 4.69) is 31.7 Å². The minimum Gasteiger partial charge on any atom is -0.486 e. The average molecular weight is 497 g/mol. The molecule has 0 saturated carbocycles. The molecule has 0 spiro atoms. The zero-order valence-electron chi connectivity index (χ0n) is 21.3. The summed E-state index contributed by atoms with van der Waals surface area (Å²) >= 11 is 0. The van der Waals surface area contributed by atoms with Crippen molar-refractivity contribution >= 4 is 17.5 Å². The van der Waals surface area contributed by atoms with Crippen molar-refractivity contribution in [1.29, 1.82) is 0 Å². The number of halogens is 2. The number of benzene rings is 1. The summed E-state index contributed by atoms with van der Waals surface area (Å²) in [7, 11) is 0. The van der Waals surface area contributed by atoms with Crippen molar-refractivity contribution in [2.75, 3.05) is 36.5 Å². The van der Waals surface area contributed by atoms with Gasteiger partial charge in [0.05, 0.1) is 18.4 Å². The summed E-state index contributed by atoms with van der Waals surface area (Å²) in [5.41, 5.74) is 2.14. The molecule has 5 rings (SSSR count). The first kappa shape index (κ1) is 25.8. The fourth-order valence-electron chi connectivity index (χ4n) is 4.60. The third-order valence-electron chi connectivity index (χ3n) is 6.39. The number of pyridine rings is 1. The van der Waals surface area contributed by atoms with Crippen LogP contribution in [-0.4, -0.2) is 47.2 Å². The fourth-order valence-corrected chi connectivity index (χ4v) is 4.60. The van der Waals surface area contributed by atoms with Gasteiger partial charge in [-0.1, -0.05) is 19.9 Å². The molecule has 2 aliphatic heterocycles. The van der Waals surface area contributed by atoms with Crippen molar-refractivity contribution in [3.05, 3.63) is 53.9 Å². The summed E-state index contributed by atoms with van der Waals surface area (Å²) in [6, 6.07) is 7.04. The molecule has 2 N–H and O–H groups in total. The minimum atomic E-state index is -0.632. The lowest BCUT2D eigenvalue weighted by Gasteiger charge is -2.34. The van der Waals surface area contributed by atoms with E-state index in [4.69, 9.17) is 4.74 Å². The molecule has 0 bridgehead atoms. The number of piperidine rings is 1. The first-order chi connectivity index (χ1) is 17.5. The van der Waals surface area contributed by atoms with E-state index in [-0.39, 0.29) is 23.4 Å². The summed E-state index contributed by atoms with van der Waals surface area (Å²) in [6.07, 6.45) is 5.13. The average Bonchev–Trinajstić information content (AvgIpc) is 2.91. The third-order valence-corrected chi connectivity index (χ3v) is 6.39. The van der Waals surface area contributed by atoms with E-state index < -0.39 is 11.6 Å². The Hall–Kier alpha value is -3.33. The molecule has 7 nitrogen and oxygen atoms in total. The summed E-state index contributed by atoms with van der Waals surface area (Å²) in [5.74, 6) is 0.270. The first-order valence-corrected chi connectivity index (χ1v) is 12.7. The van der Waals surface area contributed by atoms with Crippen LogP contribution in [0.2, 0.25) is 0 Å². The molecule has 36 heavy (non-hydrogen) atoms. The van der Waals surface area contributed by atoms with Crippen molar-refractivity contribution in [1.82, 2.24) is 20.3 Å². The molecule has 9 heteroatoms.